The van der Waals surface area contributed by atoms with Crippen LogP contribution in [0.4, 0.5) is 0 Å². The number of methoxy groups -OCH3 is 1. The van der Waals surface area contributed by atoms with Gasteiger partial charge in [-0.25, -0.2) is 0 Å². The van der Waals surface area contributed by atoms with Gasteiger partial charge < -0.3 is 15.3 Å². The molecular weight excluding hydrogens is 404 g/mol. The fourth-order valence-corrected chi connectivity index (χ4v) is 7.60. The van der Waals surface area contributed by atoms with Gasteiger partial charge in [0.25, 0.3) is 0 Å². The summed E-state index contributed by atoms with van der Waals surface area (Å²) in [5.41, 5.74) is 6.46. The first-order chi connectivity index (χ1) is 13.8. The average Bonchev–Trinajstić information content (AvgIpc) is 3.02. The van der Waals surface area contributed by atoms with Gasteiger partial charge in [0.2, 0.25) is 0 Å². The SMILES string of the molecule is COC(=O)C1C[C@@H]2[C@@H](CC[C@]3(C)C(=O)CC[C@@H]23)[C@@]2(C)CCC(=NOCCN)CC12.Cl. The summed E-state index contributed by atoms with van der Waals surface area (Å²) in [6, 6.07) is 0. The number of ether oxygens (including phenoxy) is 1. The van der Waals surface area contributed by atoms with E-state index in [9.17, 15) is 9.59 Å². The molecule has 0 spiro atoms. The van der Waals surface area contributed by atoms with E-state index in [-0.39, 0.29) is 41.0 Å². The number of hydrogen-bond donors (Lipinski definition) is 1. The highest BCUT2D eigenvalue weighted by atomic mass is 35.5. The number of nitrogens with zero attached hydrogens (tertiary/aromatic N) is 1. The fraction of sp³-hybridized carbons (Fsp3) is 0.870. The minimum atomic E-state index is -0.178. The van der Waals surface area contributed by atoms with E-state index in [0.29, 0.717) is 43.1 Å². The number of fused-ring (bicyclic) bond motifs is 5. The van der Waals surface area contributed by atoms with Crippen LogP contribution < -0.4 is 5.73 Å². The fourth-order valence-electron chi connectivity index (χ4n) is 7.60. The second-order valence-electron chi connectivity index (χ2n) is 10.3. The first-order valence-electron chi connectivity index (χ1n) is 11.3. The summed E-state index contributed by atoms with van der Waals surface area (Å²) in [6.45, 7) is 5.45. The summed E-state index contributed by atoms with van der Waals surface area (Å²) in [7, 11) is 1.50. The van der Waals surface area contributed by atoms with Crippen LogP contribution in [0.2, 0.25) is 0 Å². The predicted molar refractivity (Wildman–Crippen MR) is 117 cm³/mol. The van der Waals surface area contributed by atoms with Crippen LogP contribution in [0.3, 0.4) is 0 Å². The molecule has 4 aliphatic carbocycles. The van der Waals surface area contributed by atoms with Gasteiger partial charge in [-0.2, -0.15) is 0 Å². The molecule has 2 N–H and O–H groups in total. The number of halogens is 1. The van der Waals surface area contributed by atoms with Crippen LogP contribution >= 0.6 is 12.4 Å². The summed E-state index contributed by atoms with van der Waals surface area (Å²) in [5, 5.41) is 4.33. The maximum atomic E-state index is 12.9. The maximum absolute atomic E-state index is 12.9. The lowest BCUT2D eigenvalue weighted by Crippen LogP contribution is -2.57. The zero-order valence-corrected chi connectivity index (χ0v) is 19.3. The van der Waals surface area contributed by atoms with Gasteiger partial charge in [0.15, 0.2) is 0 Å². The summed E-state index contributed by atoms with van der Waals surface area (Å²) >= 11 is 0. The molecule has 0 radical (unpaired) electrons. The van der Waals surface area contributed by atoms with Gasteiger partial charge in [-0.3, -0.25) is 9.59 Å². The van der Waals surface area contributed by atoms with Gasteiger partial charge in [-0.15, -0.1) is 12.4 Å². The number of rotatable bonds is 4. The predicted octanol–water partition coefficient (Wildman–Crippen LogP) is 3.75. The van der Waals surface area contributed by atoms with Crippen molar-refractivity contribution in [3.8, 4) is 0 Å². The molecule has 0 aliphatic heterocycles. The van der Waals surface area contributed by atoms with Crippen molar-refractivity contribution in [2.75, 3.05) is 20.3 Å². The quantitative estimate of drug-likeness (QED) is 0.408. The van der Waals surface area contributed by atoms with Crippen molar-refractivity contribution in [2.24, 2.45) is 51.3 Å². The average molecular weight is 441 g/mol. The number of ketones is 1. The highest BCUT2D eigenvalue weighted by Gasteiger charge is 2.63. The molecule has 0 heterocycles. The molecule has 4 rings (SSSR count). The number of oxime groups is 1. The molecule has 7 heteroatoms. The molecule has 6 nitrogen and oxygen atoms in total. The van der Waals surface area contributed by atoms with Crippen molar-refractivity contribution in [2.45, 2.75) is 65.2 Å². The molecule has 4 fully saturated rings. The third-order valence-corrected chi connectivity index (χ3v) is 9.17. The Balaban J connectivity index is 0.00000256. The molecule has 4 saturated carbocycles. The summed E-state index contributed by atoms with van der Waals surface area (Å²) in [5.74, 6) is 1.89. The van der Waals surface area contributed by atoms with Crippen LogP contribution in [0, 0.1) is 40.4 Å². The summed E-state index contributed by atoms with van der Waals surface area (Å²) in [4.78, 5) is 30.9. The van der Waals surface area contributed by atoms with Gasteiger partial charge >= 0.3 is 5.97 Å². The second-order valence-corrected chi connectivity index (χ2v) is 10.3. The first kappa shape index (κ1) is 23.5. The van der Waals surface area contributed by atoms with Gasteiger partial charge in [0.1, 0.15) is 12.4 Å². The number of nitrogens with two attached hydrogens (primary N) is 1. The number of Topliss-reactive ketones (excluding diaryl/α,β-unsaturated/α-hetero) is 1. The van der Waals surface area contributed by atoms with Gasteiger partial charge in [-0.05, 0) is 74.0 Å². The first-order valence-corrected chi connectivity index (χ1v) is 11.3. The van der Waals surface area contributed by atoms with E-state index in [1.54, 1.807) is 0 Å². The lowest BCUT2D eigenvalue weighted by atomic mass is 9.43. The standard InChI is InChI=1S/C23H36N2O4.ClH/c1-22-8-6-14(25-29-11-10-24)12-19(22)16(21(27)28-3)13-15-17-4-5-20(26)23(17,2)9-7-18(15)22;/h15-19H,4-13,24H2,1-3H3;1H/t15-,16?,17-,18+,19?,22+,23-;/m0./s1. The Labute approximate surface area is 186 Å². The molecule has 0 amide bonds. The highest BCUT2D eigenvalue weighted by Crippen LogP contribution is 2.66. The minimum Gasteiger partial charge on any atom is -0.469 e. The number of hydrogen-bond acceptors (Lipinski definition) is 6. The molecule has 0 saturated heterocycles. The van der Waals surface area contributed by atoms with Gasteiger partial charge in [0, 0.05) is 18.4 Å². The summed E-state index contributed by atoms with van der Waals surface area (Å²) < 4.78 is 5.26. The molecule has 0 bridgehead atoms. The molecule has 4 aliphatic rings. The molecular formula is C23H37ClN2O4. The van der Waals surface area contributed by atoms with Crippen LogP contribution in [-0.2, 0) is 19.2 Å². The largest absolute Gasteiger partial charge is 0.469 e. The van der Waals surface area contributed by atoms with Gasteiger partial charge in [0.05, 0.1) is 18.7 Å². The smallest absolute Gasteiger partial charge is 0.308 e. The Morgan fingerprint density at radius 3 is 2.63 bits per heavy atom. The third-order valence-electron chi connectivity index (χ3n) is 9.17. The van der Waals surface area contributed by atoms with E-state index < -0.39 is 0 Å². The van der Waals surface area contributed by atoms with E-state index in [4.69, 9.17) is 15.3 Å². The van der Waals surface area contributed by atoms with Crippen molar-refractivity contribution in [1.29, 1.82) is 0 Å². The van der Waals surface area contributed by atoms with Crippen LogP contribution in [0.1, 0.15) is 65.2 Å². The van der Waals surface area contributed by atoms with E-state index in [1.165, 1.54) is 7.11 Å². The topological polar surface area (TPSA) is 91.0 Å². The molecule has 7 atom stereocenters. The van der Waals surface area contributed by atoms with Crippen molar-refractivity contribution in [3.63, 3.8) is 0 Å². The number of carbonyl (C=O) groups excluding carboxylic acids is 2. The molecule has 170 valence electrons. The second kappa shape index (κ2) is 8.78. The van der Waals surface area contributed by atoms with Crippen LogP contribution in [0.25, 0.3) is 0 Å². The molecule has 0 aromatic carbocycles. The van der Waals surface area contributed by atoms with E-state index in [2.05, 4.69) is 19.0 Å². The lowest BCUT2D eigenvalue weighted by Gasteiger charge is -2.61. The normalized spacial score (nSPS) is 43.8. The minimum absolute atomic E-state index is 0. The summed E-state index contributed by atoms with van der Waals surface area (Å²) in [6.07, 6.45) is 7.38. The Morgan fingerprint density at radius 1 is 1.17 bits per heavy atom. The van der Waals surface area contributed by atoms with Crippen LogP contribution in [-0.4, -0.2) is 37.7 Å². The molecule has 2 unspecified atom stereocenters. The number of carbonyl (C=O) groups is 2. The van der Waals surface area contributed by atoms with Gasteiger partial charge in [-0.1, -0.05) is 19.0 Å². The Bertz CT molecular complexity index is 713. The monoisotopic (exact) mass is 440 g/mol. The Morgan fingerprint density at radius 2 is 1.93 bits per heavy atom. The van der Waals surface area contributed by atoms with E-state index in [1.807, 2.05) is 0 Å². The van der Waals surface area contributed by atoms with Crippen molar-refractivity contribution in [3.05, 3.63) is 0 Å². The molecule has 0 aromatic heterocycles. The zero-order valence-electron chi connectivity index (χ0n) is 18.5. The highest BCUT2D eigenvalue weighted by molar-refractivity contribution is 5.88. The third kappa shape index (κ3) is 3.58. The van der Waals surface area contributed by atoms with Crippen LogP contribution in [0.5, 0.6) is 0 Å². The lowest BCUT2D eigenvalue weighted by molar-refractivity contribution is -0.167. The maximum Gasteiger partial charge on any atom is 0.308 e. The van der Waals surface area contributed by atoms with Crippen LogP contribution in [0.15, 0.2) is 5.16 Å². The van der Waals surface area contributed by atoms with E-state index in [0.717, 1.165) is 50.7 Å². The molecule has 0 aromatic rings. The van der Waals surface area contributed by atoms with Crippen molar-refractivity contribution in [1.82, 2.24) is 0 Å². The number of esters is 1. The van der Waals surface area contributed by atoms with Crippen molar-refractivity contribution >= 4 is 29.9 Å². The molecule has 30 heavy (non-hydrogen) atoms. The Hall–Kier alpha value is -1.14. The Kier molecular flexibility index (Phi) is 6.88. The zero-order chi connectivity index (χ0) is 20.8. The van der Waals surface area contributed by atoms with Crippen molar-refractivity contribution < 1.29 is 19.2 Å². The van der Waals surface area contributed by atoms with E-state index >= 15 is 0 Å².